The summed E-state index contributed by atoms with van der Waals surface area (Å²) in [7, 11) is 0. The maximum absolute atomic E-state index is 10.5. The molecule has 4 heteroatoms. The van der Waals surface area contributed by atoms with E-state index in [-0.39, 0.29) is 10.6 Å². The van der Waals surface area contributed by atoms with Crippen LogP contribution in [-0.4, -0.2) is 4.92 Å². The number of hydrogen-bond acceptors (Lipinski definition) is 2. The Labute approximate surface area is 78.7 Å². The predicted molar refractivity (Wildman–Crippen MR) is 50.3 cm³/mol. The summed E-state index contributed by atoms with van der Waals surface area (Å²) in [4.78, 5) is 10.1. The lowest BCUT2D eigenvalue weighted by atomic mass is 10.1. The molecule has 0 aliphatic carbocycles. The average molecular weight is 230 g/mol. The van der Waals surface area contributed by atoms with Gasteiger partial charge in [0, 0.05) is 16.1 Å². The normalized spacial score (nSPS) is 9.92. The predicted octanol–water partition coefficient (Wildman–Crippen LogP) is 2.97. The first kappa shape index (κ1) is 9.19. The zero-order valence-electron chi connectivity index (χ0n) is 6.80. The number of rotatable bonds is 1. The first-order valence-corrected chi connectivity index (χ1v) is 4.23. The summed E-state index contributed by atoms with van der Waals surface area (Å²) in [6, 6.07) is 3.33. The van der Waals surface area contributed by atoms with Crippen molar-refractivity contribution in [2.24, 2.45) is 0 Å². The SMILES string of the molecule is Cc1cc([N+](=O)[O-])c(C)cc1Br. The van der Waals surface area contributed by atoms with E-state index < -0.39 is 0 Å². The highest BCUT2D eigenvalue weighted by Crippen LogP contribution is 2.25. The molecule has 3 nitrogen and oxygen atoms in total. The minimum Gasteiger partial charge on any atom is -0.258 e. The molecule has 1 rings (SSSR count). The second-order valence-electron chi connectivity index (χ2n) is 2.64. The van der Waals surface area contributed by atoms with Crippen molar-refractivity contribution in [1.82, 2.24) is 0 Å². The standard InChI is InChI=1S/C8H8BrNO2/c1-5-4-8(10(11)12)6(2)3-7(5)9/h3-4H,1-2H3. The van der Waals surface area contributed by atoms with Gasteiger partial charge in [-0.25, -0.2) is 0 Å². The van der Waals surface area contributed by atoms with Gasteiger partial charge in [0.1, 0.15) is 0 Å². The quantitative estimate of drug-likeness (QED) is 0.549. The molecule has 0 heterocycles. The largest absolute Gasteiger partial charge is 0.272 e. The van der Waals surface area contributed by atoms with E-state index in [1.165, 1.54) is 0 Å². The van der Waals surface area contributed by atoms with Crippen LogP contribution < -0.4 is 0 Å². The highest BCUT2D eigenvalue weighted by Gasteiger charge is 2.11. The lowest BCUT2D eigenvalue weighted by molar-refractivity contribution is -0.385. The molecule has 1 aromatic carbocycles. The van der Waals surface area contributed by atoms with Crippen LogP contribution in [-0.2, 0) is 0 Å². The van der Waals surface area contributed by atoms with Crippen LogP contribution in [0.3, 0.4) is 0 Å². The number of hydrogen-bond donors (Lipinski definition) is 0. The Kier molecular flexibility index (Phi) is 2.47. The molecule has 64 valence electrons. The molecule has 0 aromatic heterocycles. The molecule has 0 radical (unpaired) electrons. The lowest BCUT2D eigenvalue weighted by Gasteiger charge is -2.00. The van der Waals surface area contributed by atoms with E-state index in [4.69, 9.17) is 0 Å². The monoisotopic (exact) mass is 229 g/mol. The number of benzene rings is 1. The van der Waals surface area contributed by atoms with Gasteiger partial charge in [-0.1, -0.05) is 15.9 Å². The second-order valence-corrected chi connectivity index (χ2v) is 3.50. The molecule has 0 spiro atoms. The van der Waals surface area contributed by atoms with Gasteiger partial charge in [0.05, 0.1) is 4.92 Å². The van der Waals surface area contributed by atoms with Crippen molar-refractivity contribution >= 4 is 21.6 Å². The summed E-state index contributed by atoms with van der Waals surface area (Å²) in [6.07, 6.45) is 0. The minimum absolute atomic E-state index is 0.177. The van der Waals surface area contributed by atoms with Crippen LogP contribution in [0.15, 0.2) is 16.6 Å². The number of nitrogens with zero attached hydrogens (tertiary/aromatic N) is 1. The van der Waals surface area contributed by atoms with Crippen molar-refractivity contribution in [3.8, 4) is 0 Å². The van der Waals surface area contributed by atoms with Gasteiger partial charge in [-0.3, -0.25) is 10.1 Å². The Morgan fingerprint density at radius 2 is 1.92 bits per heavy atom. The van der Waals surface area contributed by atoms with Gasteiger partial charge in [-0.2, -0.15) is 0 Å². The van der Waals surface area contributed by atoms with Gasteiger partial charge in [-0.05, 0) is 25.5 Å². The molecule has 0 aliphatic rings. The lowest BCUT2D eigenvalue weighted by Crippen LogP contribution is -1.92. The molecule has 0 unspecified atom stereocenters. The summed E-state index contributed by atoms with van der Waals surface area (Å²) in [5, 5.41) is 10.5. The molecule has 0 aliphatic heterocycles. The van der Waals surface area contributed by atoms with Crippen LogP contribution in [0.25, 0.3) is 0 Å². The van der Waals surface area contributed by atoms with Gasteiger partial charge in [0.15, 0.2) is 0 Å². The summed E-state index contributed by atoms with van der Waals surface area (Å²) >= 11 is 3.31. The van der Waals surface area contributed by atoms with Crippen molar-refractivity contribution in [2.75, 3.05) is 0 Å². The summed E-state index contributed by atoms with van der Waals surface area (Å²) in [5.74, 6) is 0. The van der Waals surface area contributed by atoms with Crippen LogP contribution in [0.5, 0.6) is 0 Å². The number of nitro groups is 1. The highest BCUT2D eigenvalue weighted by molar-refractivity contribution is 9.10. The van der Waals surface area contributed by atoms with E-state index >= 15 is 0 Å². The van der Waals surface area contributed by atoms with E-state index in [0.717, 1.165) is 10.0 Å². The summed E-state index contributed by atoms with van der Waals surface area (Å²) in [6.45, 7) is 3.55. The Bertz CT molecular complexity index is 336. The van der Waals surface area contributed by atoms with Gasteiger partial charge in [-0.15, -0.1) is 0 Å². The third-order valence-electron chi connectivity index (χ3n) is 1.67. The molecule has 12 heavy (non-hydrogen) atoms. The molecular formula is C8H8BrNO2. The number of halogens is 1. The molecular weight excluding hydrogens is 222 g/mol. The second kappa shape index (κ2) is 3.23. The third-order valence-corrected chi connectivity index (χ3v) is 2.53. The maximum Gasteiger partial charge on any atom is 0.272 e. The van der Waals surface area contributed by atoms with Crippen molar-refractivity contribution in [3.05, 3.63) is 37.8 Å². The van der Waals surface area contributed by atoms with Crippen LogP contribution in [0.2, 0.25) is 0 Å². The number of nitro benzene ring substituents is 1. The Balaban J connectivity index is 3.33. The van der Waals surface area contributed by atoms with Crippen molar-refractivity contribution < 1.29 is 4.92 Å². The fourth-order valence-corrected chi connectivity index (χ4v) is 1.42. The molecule has 0 bridgehead atoms. The number of aryl methyl sites for hydroxylation is 2. The van der Waals surface area contributed by atoms with E-state index in [9.17, 15) is 10.1 Å². The first-order valence-electron chi connectivity index (χ1n) is 3.43. The van der Waals surface area contributed by atoms with Crippen LogP contribution >= 0.6 is 15.9 Å². The zero-order valence-corrected chi connectivity index (χ0v) is 8.38. The van der Waals surface area contributed by atoms with E-state index in [0.29, 0.717) is 5.56 Å². The Hall–Kier alpha value is -0.900. The minimum atomic E-state index is -0.366. The van der Waals surface area contributed by atoms with Gasteiger partial charge in [0.2, 0.25) is 0 Å². The van der Waals surface area contributed by atoms with E-state index in [1.54, 1.807) is 19.1 Å². The average Bonchev–Trinajstić information content (AvgIpc) is 1.96. The highest BCUT2D eigenvalue weighted by atomic mass is 79.9. The van der Waals surface area contributed by atoms with Crippen LogP contribution in [0.4, 0.5) is 5.69 Å². The van der Waals surface area contributed by atoms with Crippen molar-refractivity contribution in [2.45, 2.75) is 13.8 Å². The molecule has 0 fully saturated rings. The Morgan fingerprint density at radius 3 is 2.42 bits per heavy atom. The third kappa shape index (κ3) is 1.64. The fourth-order valence-electron chi connectivity index (χ4n) is 0.962. The van der Waals surface area contributed by atoms with Gasteiger partial charge >= 0.3 is 0 Å². The van der Waals surface area contributed by atoms with Gasteiger partial charge < -0.3 is 0 Å². The van der Waals surface area contributed by atoms with Crippen LogP contribution in [0, 0.1) is 24.0 Å². The van der Waals surface area contributed by atoms with E-state index in [2.05, 4.69) is 15.9 Å². The fraction of sp³-hybridized carbons (Fsp3) is 0.250. The molecule has 0 saturated carbocycles. The zero-order chi connectivity index (χ0) is 9.30. The Morgan fingerprint density at radius 1 is 1.33 bits per heavy atom. The van der Waals surface area contributed by atoms with E-state index in [1.807, 2.05) is 6.92 Å². The van der Waals surface area contributed by atoms with Gasteiger partial charge in [0.25, 0.3) is 5.69 Å². The topological polar surface area (TPSA) is 43.1 Å². The molecule has 0 amide bonds. The molecule has 0 saturated heterocycles. The first-order chi connectivity index (χ1) is 5.52. The summed E-state index contributed by atoms with van der Waals surface area (Å²) < 4.78 is 0.908. The smallest absolute Gasteiger partial charge is 0.258 e. The maximum atomic E-state index is 10.5. The van der Waals surface area contributed by atoms with Crippen LogP contribution in [0.1, 0.15) is 11.1 Å². The summed E-state index contributed by atoms with van der Waals surface area (Å²) in [5.41, 5.74) is 1.74. The van der Waals surface area contributed by atoms with Crippen molar-refractivity contribution in [1.29, 1.82) is 0 Å². The molecule has 0 atom stereocenters. The molecule has 1 aromatic rings. The van der Waals surface area contributed by atoms with Crippen molar-refractivity contribution in [3.63, 3.8) is 0 Å². The molecule has 0 N–H and O–H groups in total.